The van der Waals surface area contributed by atoms with E-state index in [9.17, 15) is 0 Å². The SMILES string of the molecule is CNC(c1ccc(Cl)c(Cl)c1)C1COc2ccccc21. The first-order chi connectivity index (χ1) is 9.70. The summed E-state index contributed by atoms with van der Waals surface area (Å²) in [5.41, 5.74) is 2.35. The number of rotatable bonds is 3. The second kappa shape index (κ2) is 5.65. The average Bonchev–Trinajstić information content (AvgIpc) is 2.88. The molecule has 2 aromatic carbocycles. The lowest BCUT2D eigenvalue weighted by Gasteiger charge is -2.23. The van der Waals surface area contributed by atoms with E-state index in [1.807, 2.05) is 43.4 Å². The predicted molar refractivity (Wildman–Crippen MR) is 82.9 cm³/mol. The average molecular weight is 308 g/mol. The molecular weight excluding hydrogens is 293 g/mol. The largest absolute Gasteiger partial charge is 0.493 e. The maximum atomic E-state index is 6.13. The number of halogens is 2. The molecular formula is C16H15Cl2NO. The zero-order chi connectivity index (χ0) is 14.1. The lowest BCUT2D eigenvalue weighted by molar-refractivity contribution is 0.304. The Kier molecular flexibility index (Phi) is 3.88. The summed E-state index contributed by atoms with van der Waals surface area (Å²) in [6, 6.07) is 14.1. The summed E-state index contributed by atoms with van der Waals surface area (Å²) < 4.78 is 5.77. The van der Waals surface area contributed by atoms with Gasteiger partial charge in [0.25, 0.3) is 0 Å². The fraction of sp³-hybridized carbons (Fsp3) is 0.250. The monoisotopic (exact) mass is 307 g/mol. The van der Waals surface area contributed by atoms with E-state index in [1.165, 1.54) is 5.56 Å². The minimum atomic E-state index is 0.147. The van der Waals surface area contributed by atoms with E-state index < -0.39 is 0 Å². The molecule has 1 aliphatic rings. The third kappa shape index (κ3) is 2.39. The molecule has 1 aliphatic heterocycles. The van der Waals surface area contributed by atoms with Crippen LogP contribution in [0.2, 0.25) is 10.0 Å². The van der Waals surface area contributed by atoms with Gasteiger partial charge in [-0.3, -0.25) is 0 Å². The van der Waals surface area contributed by atoms with E-state index >= 15 is 0 Å². The van der Waals surface area contributed by atoms with Crippen molar-refractivity contribution in [3.63, 3.8) is 0 Å². The van der Waals surface area contributed by atoms with Crippen molar-refractivity contribution in [2.45, 2.75) is 12.0 Å². The number of ether oxygens (including phenoxy) is 1. The Bertz CT molecular complexity index is 630. The van der Waals surface area contributed by atoms with Gasteiger partial charge in [-0.25, -0.2) is 0 Å². The van der Waals surface area contributed by atoms with Gasteiger partial charge in [0.05, 0.1) is 16.7 Å². The number of fused-ring (bicyclic) bond motifs is 1. The molecule has 0 aromatic heterocycles. The summed E-state index contributed by atoms with van der Waals surface area (Å²) in [5, 5.41) is 4.52. The molecule has 1 heterocycles. The number of hydrogen-bond donors (Lipinski definition) is 1. The van der Waals surface area contributed by atoms with Crippen molar-refractivity contribution in [1.29, 1.82) is 0 Å². The van der Waals surface area contributed by atoms with E-state index in [0.717, 1.165) is 11.3 Å². The predicted octanol–water partition coefficient (Wildman–Crippen LogP) is 4.43. The van der Waals surface area contributed by atoms with Gasteiger partial charge in [0.15, 0.2) is 0 Å². The van der Waals surface area contributed by atoms with Crippen LogP contribution in [0.15, 0.2) is 42.5 Å². The highest BCUT2D eigenvalue weighted by molar-refractivity contribution is 6.42. The molecule has 2 atom stereocenters. The van der Waals surface area contributed by atoms with Gasteiger partial charge in [0.1, 0.15) is 5.75 Å². The lowest BCUT2D eigenvalue weighted by atomic mass is 9.88. The number of likely N-dealkylation sites (N-methyl/N-ethyl adjacent to an activating group) is 1. The Labute approximate surface area is 128 Å². The Balaban J connectivity index is 1.97. The molecule has 0 radical (unpaired) electrons. The van der Waals surface area contributed by atoms with E-state index in [-0.39, 0.29) is 12.0 Å². The fourth-order valence-corrected chi connectivity index (χ4v) is 3.08. The maximum absolute atomic E-state index is 6.13. The third-order valence-electron chi connectivity index (χ3n) is 3.75. The van der Waals surface area contributed by atoms with Crippen molar-refractivity contribution in [2.75, 3.05) is 13.7 Å². The van der Waals surface area contributed by atoms with E-state index in [2.05, 4.69) is 11.4 Å². The first kappa shape index (κ1) is 13.7. The third-order valence-corrected chi connectivity index (χ3v) is 4.49. The zero-order valence-corrected chi connectivity index (χ0v) is 12.6. The smallest absolute Gasteiger partial charge is 0.122 e. The summed E-state index contributed by atoms with van der Waals surface area (Å²) in [6.45, 7) is 0.672. The molecule has 0 fully saturated rings. The van der Waals surface area contributed by atoms with Crippen molar-refractivity contribution in [3.05, 3.63) is 63.6 Å². The van der Waals surface area contributed by atoms with Crippen LogP contribution in [0, 0.1) is 0 Å². The Hall–Kier alpha value is -1.22. The standard InChI is InChI=1S/C16H15Cl2NO/c1-19-16(10-6-7-13(17)14(18)8-10)12-9-20-15-5-3-2-4-11(12)15/h2-8,12,16,19H,9H2,1H3. The van der Waals surface area contributed by atoms with Crippen molar-refractivity contribution in [2.24, 2.45) is 0 Å². The van der Waals surface area contributed by atoms with Crippen LogP contribution in [0.4, 0.5) is 0 Å². The van der Waals surface area contributed by atoms with Crippen LogP contribution in [0.25, 0.3) is 0 Å². The molecule has 4 heteroatoms. The summed E-state index contributed by atoms with van der Waals surface area (Å²) in [6.07, 6.45) is 0. The molecule has 0 aliphatic carbocycles. The summed E-state index contributed by atoms with van der Waals surface area (Å²) in [7, 11) is 1.95. The quantitative estimate of drug-likeness (QED) is 0.905. The van der Waals surface area contributed by atoms with E-state index in [4.69, 9.17) is 27.9 Å². The Morgan fingerprint density at radius 1 is 1.15 bits per heavy atom. The Morgan fingerprint density at radius 3 is 2.70 bits per heavy atom. The van der Waals surface area contributed by atoms with Gasteiger partial charge in [-0.1, -0.05) is 47.5 Å². The van der Waals surface area contributed by atoms with Crippen molar-refractivity contribution < 1.29 is 4.74 Å². The van der Waals surface area contributed by atoms with Gasteiger partial charge in [-0.05, 0) is 30.8 Å². The zero-order valence-electron chi connectivity index (χ0n) is 11.1. The highest BCUT2D eigenvalue weighted by Gasteiger charge is 2.31. The number of nitrogens with one attached hydrogen (secondary N) is 1. The molecule has 0 saturated heterocycles. The normalized spacial score (nSPS) is 18.4. The van der Waals surface area contributed by atoms with Crippen molar-refractivity contribution >= 4 is 23.2 Å². The lowest BCUT2D eigenvalue weighted by Crippen LogP contribution is -2.24. The highest BCUT2D eigenvalue weighted by atomic mass is 35.5. The van der Waals surface area contributed by atoms with E-state index in [1.54, 1.807) is 0 Å². The number of hydrogen-bond acceptors (Lipinski definition) is 2. The Morgan fingerprint density at radius 2 is 1.95 bits per heavy atom. The molecule has 20 heavy (non-hydrogen) atoms. The second-order valence-corrected chi connectivity index (χ2v) is 5.71. The van der Waals surface area contributed by atoms with Gasteiger partial charge in [0.2, 0.25) is 0 Å². The van der Waals surface area contributed by atoms with Crippen LogP contribution in [0.5, 0.6) is 5.75 Å². The van der Waals surface area contributed by atoms with Gasteiger partial charge in [-0.15, -0.1) is 0 Å². The molecule has 0 spiro atoms. The molecule has 104 valence electrons. The summed E-state index contributed by atoms with van der Waals surface area (Å²) in [5.74, 6) is 1.24. The van der Waals surface area contributed by atoms with Crippen LogP contribution < -0.4 is 10.1 Å². The first-order valence-corrected chi connectivity index (χ1v) is 7.30. The first-order valence-electron chi connectivity index (χ1n) is 6.54. The molecule has 3 rings (SSSR count). The minimum absolute atomic E-state index is 0.147. The highest BCUT2D eigenvalue weighted by Crippen LogP contribution is 2.41. The molecule has 2 aromatic rings. The van der Waals surface area contributed by atoms with Crippen molar-refractivity contribution in [3.8, 4) is 5.75 Å². The van der Waals surface area contributed by atoms with Crippen LogP contribution in [0.1, 0.15) is 23.1 Å². The van der Waals surface area contributed by atoms with Gasteiger partial charge in [-0.2, -0.15) is 0 Å². The molecule has 0 saturated carbocycles. The molecule has 2 nitrogen and oxygen atoms in total. The van der Waals surface area contributed by atoms with Crippen LogP contribution in [-0.2, 0) is 0 Å². The summed E-state index contributed by atoms with van der Waals surface area (Å²) >= 11 is 12.1. The molecule has 2 unspecified atom stereocenters. The number of para-hydroxylation sites is 1. The second-order valence-electron chi connectivity index (χ2n) is 4.90. The molecule has 0 amide bonds. The van der Waals surface area contributed by atoms with Gasteiger partial charge < -0.3 is 10.1 Å². The van der Waals surface area contributed by atoms with Crippen molar-refractivity contribution in [1.82, 2.24) is 5.32 Å². The van der Waals surface area contributed by atoms with Gasteiger partial charge >= 0.3 is 0 Å². The molecule has 1 N–H and O–H groups in total. The molecule has 0 bridgehead atoms. The van der Waals surface area contributed by atoms with Gasteiger partial charge in [0, 0.05) is 17.5 Å². The topological polar surface area (TPSA) is 21.3 Å². The van der Waals surface area contributed by atoms with Crippen LogP contribution in [0.3, 0.4) is 0 Å². The number of benzene rings is 2. The minimum Gasteiger partial charge on any atom is -0.493 e. The maximum Gasteiger partial charge on any atom is 0.122 e. The van der Waals surface area contributed by atoms with Crippen LogP contribution >= 0.6 is 23.2 Å². The van der Waals surface area contributed by atoms with E-state index in [0.29, 0.717) is 16.7 Å². The summed E-state index contributed by atoms with van der Waals surface area (Å²) in [4.78, 5) is 0. The van der Waals surface area contributed by atoms with Crippen LogP contribution in [-0.4, -0.2) is 13.7 Å². The fourth-order valence-electron chi connectivity index (χ4n) is 2.77.